The number of carbonyl (C=O) groups is 3. The van der Waals surface area contributed by atoms with Gasteiger partial charge in [-0.05, 0) is 25.7 Å². The Labute approximate surface area is 210 Å². The number of nitrogens with one attached hydrogen (secondary N) is 1. The van der Waals surface area contributed by atoms with Crippen LogP contribution in [-0.2, 0) is 9.59 Å². The maximum atomic E-state index is 13.4. The molecule has 0 bridgehead atoms. The van der Waals surface area contributed by atoms with Crippen LogP contribution >= 0.6 is 23.1 Å². The minimum absolute atomic E-state index is 0.0101. The van der Waals surface area contributed by atoms with E-state index in [0.717, 1.165) is 29.9 Å². The summed E-state index contributed by atoms with van der Waals surface area (Å²) in [5, 5.41) is 3.68. The molecule has 3 fully saturated rings. The van der Waals surface area contributed by atoms with E-state index >= 15 is 0 Å². The highest BCUT2D eigenvalue weighted by Gasteiger charge is 2.33. The molecule has 2 saturated carbocycles. The Kier molecular flexibility index (Phi) is 9.10. The van der Waals surface area contributed by atoms with Gasteiger partial charge in [0.25, 0.3) is 0 Å². The molecular weight excluding hydrogens is 470 g/mol. The van der Waals surface area contributed by atoms with Crippen molar-refractivity contribution in [2.24, 2.45) is 0 Å². The number of nitrogens with zero attached hydrogens (tertiary/aromatic N) is 4. The summed E-state index contributed by atoms with van der Waals surface area (Å²) in [5.74, 6) is 0.477. The van der Waals surface area contributed by atoms with Gasteiger partial charge in [-0.1, -0.05) is 49.9 Å². The van der Waals surface area contributed by atoms with E-state index in [0.29, 0.717) is 49.1 Å². The molecule has 188 valence electrons. The van der Waals surface area contributed by atoms with Gasteiger partial charge in [0, 0.05) is 45.2 Å². The van der Waals surface area contributed by atoms with Crippen LogP contribution in [0.5, 0.6) is 0 Å². The van der Waals surface area contributed by atoms with Crippen LogP contribution in [0, 0.1) is 0 Å². The van der Waals surface area contributed by atoms with Crippen molar-refractivity contribution in [1.29, 1.82) is 0 Å². The molecule has 0 radical (unpaired) electrons. The lowest BCUT2D eigenvalue weighted by Crippen LogP contribution is -2.50. The molecule has 8 nitrogen and oxygen atoms in total. The van der Waals surface area contributed by atoms with Gasteiger partial charge in [0.15, 0.2) is 5.13 Å². The summed E-state index contributed by atoms with van der Waals surface area (Å²) in [5.41, 5.74) is 0. The highest BCUT2D eigenvalue weighted by molar-refractivity contribution is 8.01. The van der Waals surface area contributed by atoms with Crippen LogP contribution < -0.4 is 5.32 Å². The fraction of sp³-hybridized carbons (Fsp3) is 0.750. The Morgan fingerprint density at radius 3 is 2.09 bits per heavy atom. The number of aromatic nitrogens is 1. The van der Waals surface area contributed by atoms with E-state index in [9.17, 15) is 14.4 Å². The lowest BCUT2D eigenvalue weighted by molar-refractivity contribution is -0.136. The first-order valence-corrected chi connectivity index (χ1v) is 14.5. The number of carbonyl (C=O) groups excluding carboxylic acids is 3. The molecule has 4 amide bonds. The molecule has 3 aliphatic rings. The number of hydrogen-bond acceptors (Lipinski definition) is 6. The van der Waals surface area contributed by atoms with Crippen molar-refractivity contribution in [2.45, 2.75) is 87.4 Å². The van der Waals surface area contributed by atoms with E-state index in [1.54, 1.807) is 18.0 Å². The summed E-state index contributed by atoms with van der Waals surface area (Å²) in [7, 11) is 0. The predicted molar refractivity (Wildman–Crippen MR) is 136 cm³/mol. The topological polar surface area (TPSA) is 85.9 Å². The molecule has 10 heteroatoms. The van der Waals surface area contributed by atoms with Gasteiger partial charge in [-0.2, -0.15) is 0 Å². The molecule has 4 rings (SSSR count). The predicted octanol–water partition coefficient (Wildman–Crippen LogP) is 4.43. The zero-order chi connectivity index (χ0) is 23.9. The van der Waals surface area contributed by atoms with Crippen LogP contribution in [0.25, 0.3) is 0 Å². The van der Waals surface area contributed by atoms with Crippen LogP contribution in [0.3, 0.4) is 0 Å². The Morgan fingerprint density at radius 1 is 0.971 bits per heavy atom. The second-order valence-corrected chi connectivity index (χ2v) is 11.9. The first-order valence-electron chi connectivity index (χ1n) is 12.7. The monoisotopic (exact) mass is 507 g/mol. The number of urea groups is 1. The van der Waals surface area contributed by atoms with Crippen molar-refractivity contribution in [3.05, 3.63) is 6.20 Å². The van der Waals surface area contributed by atoms with Gasteiger partial charge in [0.2, 0.25) is 11.8 Å². The van der Waals surface area contributed by atoms with Crippen molar-refractivity contribution in [1.82, 2.24) is 19.7 Å². The molecule has 1 aromatic heterocycles. The summed E-state index contributed by atoms with van der Waals surface area (Å²) >= 11 is 2.90. The molecule has 1 N–H and O–H groups in total. The second-order valence-electron chi connectivity index (χ2n) is 9.58. The normalized spacial score (nSPS) is 20.3. The van der Waals surface area contributed by atoms with Gasteiger partial charge in [0.05, 0.1) is 16.2 Å². The minimum Gasteiger partial charge on any atom is -0.339 e. The maximum absolute atomic E-state index is 13.4. The molecular formula is C24H37N5O3S2. The minimum atomic E-state index is -0.0101. The first kappa shape index (κ1) is 25.3. The van der Waals surface area contributed by atoms with E-state index in [2.05, 4.69) is 15.2 Å². The number of amides is 4. The molecule has 0 unspecified atom stereocenters. The molecule has 2 heterocycles. The van der Waals surface area contributed by atoms with Gasteiger partial charge in [-0.3, -0.25) is 14.9 Å². The SMILES string of the molecule is CC(=O)N1CCN(C(=O)CSc2cnc(NC(=O)N(C3CCCCC3)C3CCCCC3)s2)CC1. The van der Waals surface area contributed by atoms with Crippen molar-refractivity contribution in [2.75, 3.05) is 37.2 Å². The number of hydrogen-bond donors (Lipinski definition) is 1. The van der Waals surface area contributed by atoms with Crippen LogP contribution in [0.4, 0.5) is 9.93 Å². The zero-order valence-electron chi connectivity index (χ0n) is 20.2. The maximum Gasteiger partial charge on any atom is 0.324 e. The number of thioether (sulfide) groups is 1. The second kappa shape index (κ2) is 12.2. The Morgan fingerprint density at radius 2 is 1.53 bits per heavy atom. The van der Waals surface area contributed by atoms with Crippen LogP contribution in [0.2, 0.25) is 0 Å². The van der Waals surface area contributed by atoms with E-state index in [1.165, 1.54) is 61.6 Å². The molecule has 2 aliphatic carbocycles. The molecule has 0 aromatic carbocycles. The van der Waals surface area contributed by atoms with Crippen LogP contribution in [0.15, 0.2) is 10.4 Å². The average molecular weight is 508 g/mol. The molecule has 0 spiro atoms. The van der Waals surface area contributed by atoms with Gasteiger partial charge in [-0.15, -0.1) is 11.8 Å². The number of anilines is 1. The summed E-state index contributed by atoms with van der Waals surface area (Å²) in [6.07, 6.45) is 13.5. The third-order valence-electron chi connectivity index (χ3n) is 7.28. The van der Waals surface area contributed by atoms with Crippen molar-refractivity contribution >= 4 is 46.1 Å². The van der Waals surface area contributed by atoms with Crippen LogP contribution in [0.1, 0.15) is 71.1 Å². The highest BCUT2D eigenvalue weighted by Crippen LogP contribution is 2.32. The Balaban J connectivity index is 1.29. The standard InChI is InChI=1S/C24H37N5O3S2/c1-18(30)27-12-14-28(15-13-27)21(31)17-33-22-16-25-23(34-22)26-24(32)29(19-8-4-2-5-9-19)20-10-6-3-7-11-20/h16,19-20H,2-15,17H2,1H3,(H,25,26,32). The molecule has 1 aliphatic heterocycles. The fourth-order valence-electron chi connectivity index (χ4n) is 5.38. The van der Waals surface area contributed by atoms with Gasteiger partial charge in [-0.25, -0.2) is 9.78 Å². The lowest BCUT2D eigenvalue weighted by Gasteiger charge is -2.41. The smallest absolute Gasteiger partial charge is 0.324 e. The Bertz CT molecular complexity index is 825. The van der Waals surface area contributed by atoms with Gasteiger partial charge < -0.3 is 14.7 Å². The van der Waals surface area contributed by atoms with Gasteiger partial charge >= 0.3 is 6.03 Å². The summed E-state index contributed by atoms with van der Waals surface area (Å²) in [4.78, 5) is 47.6. The Hall–Kier alpha value is -1.81. The van der Waals surface area contributed by atoms with Crippen LogP contribution in [-0.4, -0.2) is 81.5 Å². The average Bonchev–Trinajstić information content (AvgIpc) is 3.31. The fourth-order valence-corrected chi connectivity index (χ4v) is 7.15. The van der Waals surface area contributed by atoms with Crippen molar-refractivity contribution in [3.8, 4) is 0 Å². The largest absolute Gasteiger partial charge is 0.339 e. The van der Waals surface area contributed by atoms with E-state index in [-0.39, 0.29) is 17.8 Å². The number of rotatable bonds is 6. The summed E-state index contributed by atoms with van der Waals surface area (Å²) in [6, 6.07) is 0.669. The summed E-state index contributed by atoms with van der Waals surface area (Å²) in [6.45, 7) is 3.93. The van der Waals surface area contributed by atoms with E-state index in [4.69, 9.17) is 0 Å². The van der Waals surface area contributed by atoms with E-state index in [1.807, 2.05) is 4.90 Å². The summed E-state index contributed by atoms with van der Waals surface area (Å²) < 4.78 is 0.924. The highest BCUT2D eigenvalue weighted by atomic mass is 32.2. The third-order valence-corrected chi connectivity index (χ3v) is 9.38. The third kappa shape index (κ3) is 6.65. The molecule has 1 aromatic rings. The van der Waals surface area contributed by atoms with Gasteiger partial charge in [0.1, 0.15) is 0 Å². The lowest BCUT2D eigenvalue weighted by atomic mass is 9.89. The van der Waals surface area contributed by atoms with E-state index < -0.39 is 0 Å². The molecule has 34 heavy (non-hydrogen) atoms. The number of thiazole rings is 1. The quantitative estimate of drug-likeness (QED) is 0.576. The van der Waals surface area contributed by atoms with Crippen molar-refractivity contribution < 1.29 is 14.4 Å². The molecule has 1 saturated heterocycles. The van der Waals surface area contributed by atoms with Crippen molar-refractivity contribution in [3.63, 3.8) is 0 Å². The zero-order valence-corrected chi connectivity index (χ0v) is 21.8. The number of piperazine rings is 1. The first-order chi connectivity index (χ1) is 16.5. The molecule has 0 atom stereocenters.